The summed E-state index contributed by atoms with van der Waals surface area (Å²) in [4.78, 5) is 72.5. The fourth-order valence-corrected chi connectivity index (χ4v) is 29.6. The molecule has 2 aliphatic heterocycles. The van der Waals surface area contributed by atoms with E-state index in [4.69, 9.17) is 28.4 Å². The van der Waals surface area contributed by atoms with Crippen molar-refractivity contribution in [2.24, 2.45) is 155 Å². The number of hydrogen-bond acceptors (Lipinski definition) is 13. The highest BCUT2D eigenvalue weighted by atomic mass is 16.7. The summed E-state index contributed by atoms with van der Waals surface area (Å²) in [5.74, 6) is 9.39. The molecule has 1 amide bonds. The molecule has 12 saturated carbocycles. The van der Waals surface area contributed by atoms with Crippen molar-refractivity contribution in [3.63, 3.8) is 0 Å². The maximum Gasteiger partial charge on any atom is 0.407 e. The van der Waals surface area contributed by atoms with Gasteiger partial charge in [-0.15, -0.1) is 0 Å². The van der Waals surface area contributed by atoms with Crippen molar-refractivity contribution >= 4 is 35.9 Å². The normalized spacial score (nSPS) is 42.2. The van der Waals surface area contributed by atoms with Gasteiger partial charge in [0.25, 0.3) is 0 Å². The molecule has 117 heavy (non-hydrogen) atoms. The number of aliphatic hydroxyl groups is 1. The molecule has 1 spiro atoms. The van der Waals surface area contributed by atoms with Gasteiger partial charge in [-0.25, -0.2) is 4.79 Å². The summed E-state index contributed by atoms with van der Waals surface area (Å²) < 4.78 is 36.6. The number of nitrogens with one attached hydrogen (secondary N) is 1. The summed E-state index contributed by atoms with van der Waals surface area (Å²) in [6.07, 6.45) is 36.8. The van der Waals surface area contributed by atoms with Gasteiger partial charge in [-0.3, -0.25) is 24.0 Å². The van der Waals surface area contributed by atoms with E-state index in [1.165, 1.54) is 109 Å². The van der Waals surface area contributed by atoms with Gasteiger partial charge in [0.05, 0.1) is 41.6 Å². The van der Waals surface area contributed by atoms with Gasteiger partial charge >= 0.3 is 35.9 Å². The van der Waals surface area contributed by atoms with Crippen LogP contribution in [0, 0.1) is 155 Å². The molecule has 2 saturated heterocycles. The lowest BCUT2D eigenvalue weighted by atomic mass is 9.43. The summed E-state index contributed by atoms with van der Waals surface area (Å²) in [5.41, 5.74) is 0.287. The van der Waals surface area contributed by atoms with E-state index in [0.29, 0.717) is 112 Å². The number of aliphatic hydroxyl groups excluding tert-OH is 1. The fourth-order valence-electron chi connectivity index (χ4n) is 29.6. The van der Waals surface area contributed by atoms with Crippen molar-refractivity contribution in [1.82, 2.24) is 5.32 Å². The predicted octanol–water partition coefficient (Wildman–Crippen LogP) is 25.0. The molecule has 16 nitrogen and oxygen atoms in total. The van der Waals surface area contributed by atoms with Crippen molar-refractivity contribution in [3.05, 3.63) is 0 Å². The standard InChI is InChI=1S/C33H55NO6.C32H52O4.C30H50O5.6CH4/c1-7-31(3,4)29(37)39-19-18-34-30(38)40-23-14-16-32(5)22(20-23)9-10-24-26-12-11-25(21(2)8-13-28(35)36)33(26,6)17-15-27(24)32;1-7-29(3,4)28(33)35-22-12-15-30(5)21(18-22)10-11-23-24(30)13-16-31(6)25(23)19-26-27(31)20(2)32(36-26)14-8-9-17-34-32;1-7-28(3,4)27(34)35-20-14-15-29(5)19(16-20)9-10-21-23-12-11-22(18(2)8-13-26(32)33)30(23,6)25(31)17-24(21)29;;;;;;/h21-27H,7-20H2,1-6H3,(H,34,38)(H,35,36);20-27H,7-19H2,1-6H3;18-25,31H,7-17H2,1-6H3,(H,32,33);6*1H4/t21?,22?,23-,24?,25?,26?,27?,32?,33?;20-,21?,22+,23?,24?,25?,26?,27?,30?,31?,32+;18?,19?,20-,21?,22?,23?,24?,25+,29?,30?;;;;;;/m101....../s1. The Morgan fingerprint density at radius 1 is 0.462 bits per heavy atom. The Labute approximate surface area is 715 Å². The number of carbonyl (C=O) groups excluding carboxylic acids is 4. The number of rotatable bonds is 20. The molecule has 0 aromatic carbocycles. The number of alkyl carbamates (subject to hydrolysis) is 1. The second-order valence-electron chi connectivity index (χ2n) is 43.9. The molecular formula is C101H181NO15. The van der Waals surface area contributed by atoms with Crippen LogP contribution in [-0.4, -0.2) is 107 Å². The molecule has 2 heterocycles. The Morgan fingerprint density at radius 2 is 0.872 bits per heavy atom. The molecule has 0 radical (unpaired) electrons. The number of aliphatic carboxylic acids is 2. The van der Waals surface area contributed by atoms with Crippen LogP contribution >= 0.6 is 0 Å². The zero-order chi connectivity index (χ0) is 80.6. The van der Waals surface area contributed by atoms with E-state index in [1.807, 2.05) is 55.4 Å². The molecule has 24 unspecified atom stereocenters. The lowest BCUT2D eigenvalue weighted by Crippen LogP contribution is -2.59. The Balaban J connectivity index is 0.000000266. The molecule has 14 aliphatic rings. The number of ether oxygens (including phenoxy) is 6. The molecule has 12 aliphatic carbocycles. The first kappa shape index (κ1) is 102. The number of carboxylic acid groups (broad SMARTS) is 2. The molecule has 30 atom stereocenters. The van der Waals surface area contributed by atoms with Crippen molar-refractivity contribution in [3.8, 4) is 0 Å². The number of hydrogen-bond donors (Lipinski definition) is 4. The fraction of sp³-hybridized carbons (Fsp3) is 0.941. The second-order valence-corrected chi connectivity index (χ2v) is 43.9. The monoisotopic (exact) mass is 1650 g/mol. The van der Waals surface area contributed by atoms with Crippen LogP contribution in [0.1, 0.15) is 394 Å². The number of carboxylic acids is 2. The van der Waals surface area contributed by atoms with Gasteiger partial charge in [0.15, 0.2) is 5.79 Å². The van der Waals surface area contributed by atoms with Crippen molar-refractivity contribution < 1.29 is 72.5 Å². The average molecular weight is 1650 g/mol. The minimum atomic E-state index is -0.716. The van der Waals surface area contributed by atoms with Gasteiger partial charge in [-0.1, -0.05) is 128 Å². The van der Waals surface area contributed by atoms with E-state index < -0.39 is 28.9 Å². The van der Waals surface area contributed by atoms with Gasteiger partial charge in [-0.2, -0.15) is 0 Å². The van der Waals surface area contributed by atoms with Gasteiger partial charge in [0.1, 0.15) is 24.9 Å². The van der Waals surface area contributed by atoms with Crippen molar-refractivity contribution in [2.45, 2.75) is 430 Å². The summed E-state index contributed by atoms with van der Waals surface area (Å²) >= 11 is 0. The van der Waals surface area contributed by atoms with Crippen LogP contribution in [0.3, 0.4) is 0 Å². The van der Waals surface area contributed by atoms with Crippen molar-refractivity contribution in [1.29, 1.82) is 0 Å². The number of fused-ring (bicyclic) bond motifs is 17. The van der Waals surface area contributed by atoms with Gasteiger partial charge in [-0.05, 0) is 380 Å². The van der Waals surface area contributed by atoms with Gasteiger partial charge in [0, 0.05) is 25.2 Å². The maximum atomic E-state index is 12.8. The van der Waals surface area contributed by atoms with Crippen LogP contribution < -0.4 is 5.32 Å². The highest BCUT2D eigenvalue weighted by Crippen LogP contribution is 2.74. The van der Waals surface area contributed by atoms with Crippen LogP contribution in [0.25, 0.3) is 0 Å². The molecule has 0 aromatic heterocycles. The lowest BCUT2D eigenvalue weighted by molar-refractivity contribution is -0.265. The Hall–Kier alpha value is -3.50. The maximum absolute atomic E-state index is 12.8. The average Bonchev–Trinajstić information content (AvgIpc) is 1.57. The second kappa shape index (κ2) is 39.4. The number of esters is 3. The zero-order valence-corrected chi connectivity index (χ0v) is 72.9. The molecule has 16 heteroatoms. The summed E-state index contributed by atoms with van der Waals surface area (Å²) in [6.45, 7) is 41.2. The topological polar surface area (TPSA) is 231 Å². The predicted molar refractivity (Wildman–Crippen MR) is 473 cm³/mol. The lowest BCUT2D eigenvalue weighted by Gasteiger charge is -2.62. The van der Waals surface area contributed by atoms with Gasteiger partial charge in [0.2, 0.25) is 0 Å². The summed E-state index contributed by atoms with van der Waals surface area (Å²) in [5, 5.41) is 32.9. The Kier molecular flexibility index (Phi) is 34.4. The molecule has 0 aromatic rings. The van der Waals surface area contributed by atoms with E-state index >= 15 is 0 Å². The van der Waals surface area contributed by atoms with Gasteiger partial charge < -0.3 is 49.1 Å². The van der Waals surface area contributed by atoms with Crippen LogP contribution in [0.15, 0.2) is 0 Å². The van der Waals surface area contributed by atoms with Crippen LogP contribution in [0.5, 0.6) is 0 Å². The molecule has 4 N–H and O–H groups in total. The van der Waals surface area contributed by atoms with E-state index in [1.54, 1.807) is 0 Å². The Morgan fingerprint density at radius 3 is 1.35 bits per heavy atom. The quantitative estimate of drug-likeness (QED) is 0.0504. The molecule has 680 valence electrons. The minimum Gasteiger partial charge on any atom is -0.481 e. The first-order chi connectivity index (χ1) is 52.2. The largest absolute Gasteiger partial charge is 0.481 e. The third-order valence-electron chi connectivity index (χ3n) is 37.8. The van der Waals surface area contributed by atoms with E-state index in [0.717, 1.165) is 132 Å². The third-order valence-corrected chi connectivity index (χ3v) is 37.8. The molecule has 0 bridgehead atoms. The third kappa shape index (κ3) is 19.3. The van der Waals surface area contributed by atoms with E-state index in [9.17, 15) is 44.1 Å². The van der Waals surface area contributed by atoms with Crippen LogP contribution in [0.4, 0.5) is 4.79 Å². The molecule has 14 fully saturated rings. The molecule has 14 rings (SSSR count). The van der Waals surface area contributed by atoms with Crippen molar-refractivity contribution in [2.75, 3.05) is 19.8 Å². The van der Waals surface area contributed by atoms with Crippen LogP contribution in [-0.2, 0) is 52.4 Å². The van der Waals surface area contributed by atoms with E-state index in [2.05, 4.69) is 74.6 Å². The first-order valence-corrected chi connectivity index (χ1v) is 46.2. The highest BCUT2D eigenvalue weighted by Gasteiger charge is 2.70. The summed E-state index contributed by atoms with van der Waals surface area (Å²) in [7, 11) is 0. The molecular weight excluding hydrogens is 1470 g/mol. The smallest absolute Gasteiger partial charge is 0.407 e. The number of amides is 1. The first-order valence-electron chi connectivity index (χ1n) is 46.2. The minimum absolute atomic E-state index is 0. The Bertz CT molecular complexity index is 3270. The van der Waals surface area contributed by atoms with Crippen LogP contribution in [0.2, 0.25) is 0 Å². The SMILES string of the molecule is C.C.C.C.C.C.CCC(C)(C)C(=O)OCCNC(=O)O[C@@H]1CCC2(C)C(CCC3C2CCC2(C)C(C(C)CCC(=O)O)CCC32)C1.CCC(C)(C)C(=O)O[C@@H]1CCC2(C)C(CCC3C2CCC2(C)C3CC3O[C@]4(CCCCO4)[C@@H](C)C32)C1.CCC(C)(C)C(=O)O[C@@H]1CCC2(C)C(CCC3C2C[C@H](O)C2(C)C(C(C)CCC(=O)O)CCC32)C1. The van der Waals surface area contributed by atoms with E-state index in [-0.39, 0.29) is 135 Å². The summed E-state index contributed by atoms with van der Waals surface area (Å²) in [6, 6.07) is 0. The highest BCUT2D eigenvalue weighted by molar-refractivity contribution is 5.77. The number of carbonyl (C=O) groups is 6. The zero-order valence-electron chi connectivity index (χ0n) is 72.9.